The molecule has 1 amide bonds. The largest absolute Gasteiger partial charge is 0.321 e. The fourth-order valence-corrected chi connectivity index (χ4v) is 2.51. The second kappa shape index (κ2) is 6.07. The van der Waals surface area contributed by atoms with E-state index in [-0.39, 0.29) is 5.91 Å². The van der Waals surface area contributed by atoms with Crippen LogP contribution in [0.3, 0.4) is 0 Å². The van der Waals surface area contributed by atoms with E-state index < -0.39 is 0 Å². The van der Waals surface area contributed by atoms with Crippen LogP contribution in [0.1, 0.15) is 15.9 Å². The zero-order chi connectivity index (χ0) is 14.0. The Morgan fingerprint density at radius 1 is 1.16 bits per heavy atom. The Kier molecular flexibility index (Phi) is 4.66. The molecule has 0 unspecified atom stereocenters. The summed E-state index contributed by atoms with van der Waals surface area (Å²) in [4.78, 5) is 12.2. The van der Waals surface area contributed by atoms with E-state index in [0.717, 1.165) is 20.2 Å². The summed E-state index contributed by atoms with van der Waals surface area (Å²) in [5, 5.41) is 3.27. The van der Waals surface area contributed by atoms with Crippen LogP contribution in [0.4, 0.5) is 5.69 Å². The lowest BCUT2D eigenvalue weighted by Gasteiger charge is -2.09. The predicted molar refractivity (Wildman–Crippen MR) is 86.0 cm³/mol. The number of carbonyl (C=O) groups is 1. The Bertz CT molecular complexity index is 643. The molecule has 1 N–H and O–H groups in total. The number of hydrogen-bond donors (Lipinski definition) is 1. The maximum atomic E-state index is 12.2. The molecule has 0 saturated carbocycles. The summed E-state index contributed by atoms with van der Waals surface area (Å²) in [7, 11) is 0. The minimum absolute atomic E-state index is 0.238. The van der Waals surface area contributed by atoms with Gasteiger partial charge < -0.3 is 5.32 Å². The lowest BCUT2D eigenvalue weighted by Crippen LogP contribution is -2.13. The van der Waals surface area contributed by atoms with Crippen molar-refractivity contribution < 1.29 is 4.79 Å². The summed E-state index contributed by atoms with van der Waals surface area (Å²) in [5.41, 5.74) is 2.23. The van der Waals surface area contributed by atoms with Crippen LogP contribution in [0.5, 0.6) is 0 Å². The molecule has 0 aliphatic carbocycles. The molecule has 0 aliphatic heterocycles. The van der Waals surface area contributed by atoms with Crippen LogP contribution in [-0.4, -0.2) is 5.91 Å². The van der Waals surface area contributed by atoms with Crippen LogP contribution in [0.15, 0.2) is 45.3 Å². The number of rotatable bonds is 2. The molecule has 0 fully saturated rings. The molecular weight excluding hydrogens is 393 g/mol. The summed E-state index contributed by atoms with van der Waals surface area (Å²) in [5.74, 6) is -0.238. The first kappa shape index (κ1) is 14.6. The number of carbonyl (C=O) groups excluding carboxylic acids is 1. The Balaban J connectivity index is 2.30. The van der Waals surface area contributed by atoms with Gasteiger partial charge in [0.25, 0.3) is 5.91 Å². The van der Waals surface area contributed by atoms with Crippen LogP contribution >= 0.6 is 43.5 Å². The van der Waals surface area contributed by atoms with Crippen molar-refractivity contribution in [2.75, 3.05) is 5.32 Å². The van der Waals surface area contributed by atoms with Crippen molar-refractivity contribution in [2.45, 2.75) is 6.92 Å². The SMILES string of the molecule is Cc1ccc(Br)c(NC(=O)c2cc(Br)ccc2Cl)c1. The van der Waals surface area contributed by atoms with Crippen LogP contribution < -0.4 is 5.32 Å². The highest BCUT2D eigenvalue weighted by Crippen LogP contribution is 2.26. The molecule has 0 atom stereocenters. The van der Waals surface area contributed by atoms with E-state index in [9.17, 15) is 4.79 Å². The number of hydrogen-bond acceptors (Lipinski definition) is 1. The van der Waals surface area contributed by atoms with E-state index in [1.165, 1.54) is 0 Å². The third-order valence-electron chi connectivity index (χ3n) is 2.54. The minimum Gasteiger partial charge on any atom is -0.321 e. The van der Waals surface area contributed by atoms with Crippen molar-refractivity contribution in [1.82, 2.24) is 0 Å². The molecule has 2 nitrogen and oxygen atoms in total. The third kappa shape index (κ3) is 3.59. The Morgan fingerprint density at radius 3 is 2.63 bits per heavy atom. The van der Waals surface area contributed by atoms with Crippen LogP contribution in [-0.2, 0) is 0 Å². The number of halogens is 3. The van der Waals surface area contributed by atoms with E-state index in [2.05, 4.69) is 37.2 Å². The first-order valence-electron chi connectivity index (χ1n) is 5.50. The molecule has 98 valence electrons. The zero-order valence-corrected chi connectivity index (χ0v) is 13.9. The Labute approximate surface area is 133 Å². The fraction of sp³-hybridized carbons (Fsp3) is 0.0714. The Morgan fingerprint density at radius 2 is 1.89 bits per heavy atom. The van der Waals surface area contributed by atoms with E-state index in [4.69, 9.17) is 11.6 Å². The standard InChI is InChI=1S/C14H10Br2ClNO/c1-8-2-4-11(16)13(6-8)18-14(19)10-7-9(15)3-5-12(10)17/h2-7H,1H3,(H,18,19). The van der Waals surface area contributed by atoms with Gasteiger partial charge in [0.2, 0.25) is 0 Å². The van der Waals surface area contributed by atoms with E-state index in [0.29, 0.717) is 10.6 Å². The summed E-state index contributed by atoms with van der Waals surface area (Å²) in [6.07, 6.45) is 0. The van der Waals surface area contributed by atoms with Gasteiger partial charge in [-0.1, -0.05) is 33.6 Å². The monoisotopic (exact) mass is 401 g/mol. The van der Waals surface area contributed by atoms with Crippen molar-refractivity contribution in [2.24, 2.45) is 0 Å². The van der Waals surface area contributed by atoms with Crippen LogP contribution in [0, 0.1) is 6.92 Å². The Hall–Kier alpha value is -0.840. The van der Waals surface area contributed by atoms with Crippen molar-refractivity contribution >= 4 is 55.1 Å². The van der Waals surface area contributed by atoms with Crippen molar-refractivity contribution in [3.8, 4) is 0 Å². The third-order valence-corrected chi connectivity index (χ3v) is 4.06. The van der Waals surface area contributed by atoms with Gasteiger partial charge in [0.05, 0.1) is 16.3 Å². The highest BCUT2D eigenvalue weighted by atomic mass is 79.9. The molecule has 0 bridgehead atoms. The number of benzene rings is 2. The van der Waals surface area contributed by atoms with Crippen LogP contribution in [0.25, 0.3) is 0 Å². The maximum Gasteiger partial charge on any atom is 0.257 e. The molecule has 0 spiro atoms. The van der Waals surface area contributed by atoms with Crippen LogP contribution in [0.2, 0.25) is 5.02 Å². The lowest BCUT2D eigenvalue weighted by molar-refractivity contribution is 0.102. The van der Waals surface area contributed by atoms with E-state index in [1.807, 2.05) is 25.1 Å². The number of aryl methyl sites for hydroxylation is 1. The van der Waals surface area contributed by atoms with E-state index >= 15 is 0 Å². The second-order valence-corrected chi connectivity index (χ2v) is 6.24. The lowest BCUT2D eigenvalue weighted by atomic mass is 10.2. The summed E-state index contributed by atoms with van der Waals surface area (Å²) in [6, 6.07) is 10.9. The fourth-order valence-electron chi connectivity index (χ4n) is 1.60. The normalized spacial score (nSPS) is 10.3. The van der Waals surface area contributed by atoms with Crippen molar-refractivity contribution in [3.05, 3.63) is 61.5 Å². The molecule has 2 aromatic carbocycles. The molecule has 0 heterocycles. The summed E-state index contributed by atoms with van der Waals surface area (Å²) < 4.78 is 1.64. The maximum absolute atomic E-state index is 12.2. The molecule has 0 aromatic heterocycles. The van der Waals surface area contributed by atoms with Gasteiger partial charge in [-0.05, 0) is 58.7 Å². The molecule has 0 saturated heterocycles. The van der Waals surface area contributed by atoms with E-state index in [1.54, 1.807) is 18.2 Å². The van der Waals surface area contributed by atoms with Gasteiger partial charge in [0.15, 0.2) is 0 Å². The molecule has 0 aliphatic rings. The zero-order valence-electron chi connectivity index (χ0n) is 10.0. The van der Waals surface area contributed by atoms with Gasteiger partial charge in [-0.25, -0.2) is 0 Å². The number of anilines is 1. The average Bonchev–Trinajstić information content (AvgIpc) is 2.36. The molecule has 2 rings (SSSR count). The summed E-state index contributed by atoms with van der Waals surface area (Å²) in [6.45, 7) is 1.97. The smallest absolute Gasteiger partial charge is 0.257 e. The van der Waals surface area contributed by atoms with Gasteiger partial charge in [-0.15, -0.1) is 0 Å². The summed E-state index contributed by atoms with van der Waals surface area (Å²) >= 11 is 12.8. The van der Waals surface area contributed by atoms with Gasteiger partial charge >= 0.3 is 0 Å². The van der Waals surface area contributed by atoms with Gasteiger partial charge in [0, 0.05) is 8.95 Å². The van der Waals surface area contributed by atoms with Gasteiger partial charge in [-0.2, -0.15) is 0 Å². The quantitative estimate of drug-likeness (QED) is 0.712. The predicted octanol–water partition coefficient (Wildman–Crippen LogP) is 5.43. The van der Waals surface area contributed by atoms with Crippen molar-refractivity contribution in [3.63, 3.8) is 0 Å². The molecular formula is C14H10Br2ClNO. The van der Waals surface area contributed by atoms with Gasteiger partial charge in [-0.3, -0.25) is 4.79 Å². The first-order valence-corrected chi connectivity index (χ1v) is 7.46. The second-order valence-electron chi connectivity index (χ2n) is 4.06. The van der Waals surface area contributed by atoms with Crippen molar-refractivity contribution in [1.29, 1.82) is 0 Å². The minimum atomic E-state index is -0.238. The van der Waals surface area contributed by atoms with Gasteiger partial charge in [0.1, 0.15) is 0 Å². The molecule has 0 radical (unpaired) electrons. The highest BCUT2D eigenvalue weighted by Gasteiger charge is 2.12. The first-order chi connectivity index (χ1) is 8.97. The number of nitrogens with one attached hydrogen (secondary N) is 1. The average molecular weight is 404 g/mol. The molecule has 5 heteroatoms. The molecule has 2 aromatic rings. The highest BCUT2D eigenvalue weighted by molar-refractivity contribution is 9.10. The topological polar surface area (TPSA) is 29.1 Å². The molecule has 19 heavy (non-hydrogen) atoms. The number of amides is 1.